The third-order valence-corrected chi connectivity index (χ3v) is 2.01. The maximum absolute atomic E-state index is 12.4. The maximum Gasteiger partial charge on any atom is 0.257 e. The molecule has 0 aliphatic rings. The third kappa shape index (κ3) is 3.16. The highest BCUT2D eigenvalue weighted by Crippen LogP contribution is 2.27. The molecule has 0 saturated carbocycles. The minimum absolute atomic E-state index is 0.362. The van der Waals surface area contributed by atoms with Gasteiger partial charge in [0.25, 0.3) is 6.43 Å². The SMILES string of the molecule is CCCOc1ccccc1C(N)C(F)F. The molecule has 1 atom stereocenters. The number of nitrogens with two attached hydrogens (primary N) is 1. The van der Waals surface area contributed by atoms with E-state index >= 15 is 0 Å². The zero-order valence-electron chi connectivity index (χ0n) is 8.62. The van der Waals surface area contributed by atoms with E-state index in [9.17, 15) is 8.78 Å². The summed E-state index contributed by atoms with van der Waals surface area (Å²) < 4.78 is 30.2. The lowest BCUT2D eigenvalue weighted by atomic mass is 10.1. The topological polar surface area (TPSA) is 35.2 Å². The van der Waals surface area contributed by atoms with Crippen LogP contribution in [0.1, 0.15) is 24.9 Å². The largest absolute Gasteiger partial charge is 0.493 e. The Labute approximate surface area is 88.0 Å². The van der Waals surface area contributed by atoms with Crippen molar-refractivity contribution in [3.63, 3.8) is 0 Å². The average molecular weight is 215 g/mol. The molecule has 1 unspecified atom stereocenters. The molecule has 0 fully saturated rings. The zero-order chi connectivity index (χ0) is 11.3. The van der Waals surface area contributed by atoms with Crippen molar-refractivity contribution in [2.75, 3.05) is 6.61 Å². The predicted molar refractivity (Wildman–Crippen MR) is 55.2 cm³/mol. The Kier molecular flexibility index (Phi) is 4.49. The minimum atomic E-state index is -2.57. The molecule has 0 aliphatic heterocycles. The van der Waals surface area contributed by atoms with Gasteiger partial charge in [0.15, 0.2) is 0 Å². The molecule has 0 aromatic heterocycles. The van der Waals surface area contributed by atoms with Crippen molar-refractivity contribution in [2.45, 2.75) is 25.8 Å². The number of halogens is 2. The molecule has 0 amide bonds. The number of hydrogen-bond acceptors (Lipinski definition) is 2. The van der Waals surface area contributed by atoms with Crippen LogP contribution in [-0.2, 0) is 0 Å². The van der Waals surface area contributed by atoms with E-state index in [-0.39, 0.29) is 0 Å². The second kappa shape index (κ2) is 5.66. The van der Waals surface area contributed by atoms with Crippen LogP contribution < -0.4 is 10.5 Å². The van der Waals surface area contributed by atoms with Gasteiger partial charge < -0.3 is 10.5 Å². The Morgan fingerprint density at radius 1 is 1.33 bits per heavy atom. The van der Waals surface area contributed by atoms with E-state index in [0.29, 0.717) is 17.9 Å². The molecule has 0 bridgehead atoms. The van der Waals surface area contributed by atoms with Crippen LogP contribution in [-0.4, -0.2) is 13.0 Å². The summed E-state index contributed by atoms with van der Waals surface area (Å²) in [6.45, 7) is 2.46. The lowest BCUT2D eigenvalue weighted by molar-refractivity contribution is 0.114. The fraction of sp³-hybridized carbons (Fsp3) is 0.455. The van der Waals surface area contributed by atoms with Crippen LogP contribution in [0.3, 0.4) is 0 Å². The van der Waals surface area contributed by atoms with E-state index in [0.717, 1.165) is 6.42 Å². The fourth-order valence-electron chi connectivity index (χ4n) is 1.24. The van der Waals surface area contributed by atoms with Gasteiger partial charge in [0.1, 0.15) is 5.75 Å². The van der Waals surface area contributed by atoms with Gasteiger partial charge in [0.05, 0.1) is 12.6 Å². The summed E-state index contributed by atoms with van der Waals surface area (Å²) in [6.07, 6.45) is -1.74. The smallest absolute Gasteiger partial charge is 0.257 e. The molecule has 1 aromatic rings. The van der Waals surface area contributed by atoms with Crippen molar-refractivity contribution >= 4 is 0 Å². The van der Waals surface area contributed by atoms with Crippen molar-refractivity contribution in [1.82, 2.24) is 0 Å². The van der Waals surface area contributed by atoms with Gasteiger partial charge in [-0.2, -0.15) is 0 Å². The van der Waals surface area contributed by atoms with Crippen LogP contribution in [0.15, 0.2) is 24.3 Å². The highest BCUT2D eigenvalue weighted by atomic mass is 19.3. The molecule has 0 saturated heterocycles. The summed E-state index contributed by atoms with van der Waals surface area (Å²) in [5.74, 6) is 0.451. The first-order valence-electron chi connectivity index (χ1n) is 4.92. The van der Waals surface area contributed by atoms with Gasteiger partial charge >= 0.3 is 0 Å². The maximum atomic E-state index is 12.4. The van der Waals surface area contributed by atoms with E-state index < -0.39 is 12.5 Å². The number of rotatable bonds is 5. The quantitative estimate of drug-likeness (QED) is 0.819. The van der Waals surface area contributed by atoms with Crippen LogP contribution in [0, 0.1) is 0 Å². The number of ether oxygens (including phenoxy) is 1. The molecule has 0 heterocycles. The summed E-state index contributed by atoms with van der Waals surface area (Å²) in [6, 6.07) is 5.37. The lowest BCUT2D eigenvalue weighted by Crippen LogP contribution is -2.19. The number of benzene rings is 1. The number of alkyl halides is 2. The Bertz CT molecular complexity index is 304. The van der Waals surface area contributed by atoms with Crippen LogP contribution in [0.5, 0.6) is 5.75 Å². The molecule has 2 N–H and O–H groups in total. The van der Waals surface area contributed by atoms with Crippen molar-refractivity contribution in [3.05, 3.63) is 29.8 Å². The van der Waals surface area contributed by atoms with Gasteiger partial charge in [-0.15, -0.1) is 0 Å². The van der Waals surface area contributed by atoms with Crippen LogP contribution in [0.2, 0.25) is 0 Å². The van der Waals surface area contributed by atoms with E-state index in [4.69, 9.17) is 10.5 Å². The van der Waals surface area contributed by atoms with E-state index in [1.54, 1.807) is 24.3 Å². The van der Waals surface area contributed by atoms with Gasteiger partial charge in [-0.3, -0.25) is 0 Å². The summed E-state index contributed by atoms with van der Waals surface area (Å²) >= 11 is 0. The van der Waals surface area contributed by atoms with E-state index in [1.807, 2.05) is 6.92 Å². The molecule has 1 aromatic carbocycles. The van der Waals surface area contributed by atoms with Crippen molar-refractivity contribution in [3.8, 4) is 5.75 Å². The molecule has 0 spiro atoms. The fourth-order valence-corrected chi connectivity index (χ4v) is 1.24. The van der Waals surface area contributed by atoms with Crippen LogP contribution in [0.4, 0.5) is 8.78 Å². The molecule has 2 nitrogen and oxygen atoms in total. The Morgan fingerprint density at radius 3 is 2.60 bits per heavy atom. The first kappa shape index (κ1) is 11.9. The van der Waals surface area contributed by atoms with Crippen molar-refractivity contribution < 1.29 is 13.5 Å². The Balaban J connectivity index is 2.85. The summed E-state index contributed by atoms with van der Waals surface area (Å²) in [4.78, 5) is 0. The second-order valence-corrected chi connectivity index (χ2v) is 3.25. The molecular weight excluding hydrogens is 200 g/mol. The van der Waals surface area contributed by atoms with Gasteiger partial charge in [-0.1, -0.05) is 25.1 Å². The second-order valence-electron chi connectivity index (χ2n) is 3.25. The van der Waals surface area contributed by atoms with Gasteiger partial charge in [0.2, 0.25) is 0 Å². The van der Waals surface area contributed by atoms with Crippen LogP contribution >= 0.6 is 0 Å². The molecular formula is C11H15F2NO. The highest BCUT2D eigenvalue weighted by Gasteiger charge is 2.20. The molecule has 0 aliphatic carbocycles. The third-order valence-electron chi connectivity index (χ3n) is 2.01. The van der Waals surface area contributed by atoms with E-state index in [2.05, 4.69) is 0 Å². The molecule has 0 radical (unpaired) electrons. The minimum Gasteiger partial charge on any atom is -0.493 e. The number of para-hydroxylation sites is 1. The molecule has 4 heteroatoms. The summed E-state index contributed by atoms with van der Waals surface area (Å²) in [5.41, 5.74) is 5.74. The molecule has 84 valence electrons. The Morgan fingerprint density at radius 2 is 2.00 bits per heavy atom. The average Bonchev–Trinajstić information content (AvgIpc) is 2.25. The predicted octanol–water partition coefficient (Wildman–Crippen LogP) is 2.74. The first-order valence-corrected chi connectivity index (χ1v) is 4.92. The van der Waals surface area contributed by atoms with Crippen molar-refractivity contribution in [2.24, 2.45) is 5.73 Å². The van der Waals surface area contributed by atoms with Crippen LogP contribution in [0.25, 0.3) is 0 Å². The Hall–Kier alpha value is -1.16. The normalized spacial score (nSPS) is 12.9. The standard InChI is InChI=1S/C11H15F2NO/c1-2-7-15-9-6-4-3-5-8(9)10(14)11(12)13/h3-6,10-11H,2,7,14H2,1H3. The van der Waals surface area contributed by atoms with E-state index in [1.165, 1.54) is 0 Å². The summed E-state index contributed by atoms with van der Waals surface area (Å²) in [7, 11) is 0. The monoisotopic (exact) mass is 215 g/mol. The summed E-state index contributed by atoms with van der Waals surface area (Å²) in [5, 5.41) is 0. The molecule has 15 heavy (non-hydrogen) atoms. The van der Waals surface area contributed by atoms with Gasteiger partial charge in [-0.05, 0) is 12.5 Å². The lowest BCUT2D eigenvalue weighted by Gasteiger charge is -2.15. The molecule has 1 rings (SSSR count). The van der Waals surface area contributed by atoms with Crippen molar-refractivity contribution in [1.29, 1.82) is 0 Å². The zero-order valence-corrected chi connectivity index (χ0v) is 8.62. The highest BCUT2D eigenvalue weighted by molar-refractivity contribution is 5.36. The number of hydrogen-bond donors (Lipinski definition) is 1. The van der Waals surface area contributed by atoms with Gasteiger partial charge in [-0.25, -0.2) is 8.78 Å². The van der Waals surface area contributed by atoms with Gasteiger partial charge in [0, 0.05) is 5.56 Å². The first-order chi connectivity index (χ1) is 7.16.